The van der Waals surface area contributed by atoms with Crippen LogP contribution < -0.4 is 0 Å². The fourth-order valence-corrected chi connectivity index (χ4v) is 4.68. The fraction of sp³-hybridized carbons (Fsp3) is 0.667. The van der Waals surface area contributed by atoms with Gasteiger partial charge in [0, 0.05) is 6.61 Å². The Morgan fingerprint density at radius 3 is 2.52 bits per heavy atom. The highest BCUT2D eigenvalue weighted by atomic mass is 35.6. The zero-order valence-corrected chi connectivity index (χ0v) is 15.3. The largest absolute Gasteiger partial charge is 0.456 e. The molecule has 23 heavy (non-hydrogen) atoms. The minimum Gasteiger partial charge on any atom is -0.456 e. The second-order valence-corrected chi connectivity index (χ2v) is 9.72. The zero-order chi connectivity index (χ0) is 17.6. The van der Waals surface area contributed by atoms with E-state index >= 15 is 0 Å². The molecule has 0 bridgehead atoms. The van der Waals surface area contributed by atoms with Gasteiger partial charge < -0.3 is 9.47 Å². The Labute approximate surface area is 148 Å². The lowest BCUT2D eigenvalue weighted by Gasteiger charge is -2.48. The van der Waals surface area contributed by atoms with E-state index in [-0.39, 0.29) is 23.6 Å². The number of amides is 1. The summed E-state index contributed by atoms with van der Waals surface area (Å²) in [6.07, 6.45) is -1.12. The van der Waals surface area contributed by atoms with Gasteiger partial charge in [0.25, 0.3) is 5.91 Å². The van der Waals surface area contributed by atoms with Crippen molar-refractivity contribution in [2.24, 2.45) is 0 Å². The second kappa shape index (κ2) is 6.40. The molecule has 0 aliphatic carbocycles. The zero-order valence-electron chi connectivity index (χ0n) is 12.2. The molecule has 0 aromatic heterocycles. The topological polar surface area (TPSA) is 90.0 Å². The Balaban J connectivity index is 2.30. The van der Waals surface area contributed by atoms with Crippen LogP contribution in [0.25, 0.3) is 0 Å². The van der Waals surface area contributed by atoms with E-state index < -0.39 is 43.6 Å². The number of carbonyl (C=O) groups excluding carboxylic acids is 2. The average Bonchev–Trinajstić information content (AvgIpc) is 2.40. The van der Waals surface area contributed by atoms with Crippen LogP contribution in [0.3, 0.4) is 0 Å². The maximum absolute atomic E-state index is 12.2. The van der Waals surface area contributed by atoms with E-state index in [0.717, 1.165) is 4.90 Å². The van der Waals surface area contributed by atoms with E-state index in [1.54, 1.807) is 6.92 Å². The van der Waals surface area contributed by atoms with E-state index in [4.69, 9.17) is 44.3 Å². The van der Waals surface area contributed by atoms with Crippen molar-refractivity contribution < 1.29 is 27.5 Å². The van der Waals surface area contributed by atoms with Crippen LogP contribution in [0, 0.1) is 0 Å². The third-order valence-corrected chi connectivity index (χ3v) is 5.69. The number of rotatable bonds is 4. The Morgan fingerprint density at radius 1 is 1.39 bits per heavy atom. The Morgan fingerprint density at radius 2 is 2.00 bits per heavy atom. The minimum atomic E-state index is -3.65. The Bertz CT molecular complexity index is 669. The molecule has 0 N–H and O–H groups in total. The molecule has 0 saturated carbocycles. The van der Waals surface area contributed by atoms with Crippen molar-refractivity contribution in [3.8, 4) is 0 Å². The van der Waals surface area contributed by atoms with Crippen molar-refractivity contribution in [2.75, 3.05) is 19.0 Å². The summed E-state index contributed by atoms with van der Waals surface area (Å²) in [5, 5.41) is -1.23. The summed E-state index contributed by atoms with van der Waals surface area (Å²) >= 11 is 16.5. The van der Waals surface area contributed by atoms with Crippen LogP contribution in [0.2, 0.25) is 0 Å². The molecule has 2 heterocycles. The standard InChI is InChI=1S/C12H14Cl3NO6S/c1-3-21-8-9(17)16-7(11(18)22-5-12(13,14)15)6(2)4-23(19,20)10(8)16/h8,10H,3-5H2,1-2H3/t8-,10-/m0/s1. The van der Waals surface area contributed by atoms with Gasteiger partial charge in [0.2, 0.25) is 3.79 Å². The summed E-state index contributed by atoms with van der Waals surface area (Å²) in [4.78, 5) is 25.2. The number of ether oxygens (including phenoxy) is 2. The van der Waals surface area contributed by atoms with Crippen molar-refractivity contribution in [2.45, 2.75) is 29.1 Å². The van der Waals surface area contributed by atoms with Crippen LogP contribution in [0.15, 0.2) is 11.3 Å². The lowest BCUT2D eigenvalue weighted by Crippen LogP contribution is -2.70. The second-order valence-electron chi connectivity index (χ2n) is 5.10. The molecule has 1 saturated heterocycles. The molecule has 0 radical (unpaired) electrons. The van der Waals surface area contributed by atoms with Gasteiger partial charge in [0.05, 0.1) is 5.75 Å². The molecule has 1 amide bonds. The number of hydrogen-bond donors (Lipinski definition) is 0. The summed E-state index contributed by atoms with van der Waals surface area (Å²) in [5.41, 5.74) is 0.0545. The molecule has 0 aromatic carbocycles. The van der Waals surface area contributed by atoms with Gasteiger partial charge >= 0.3 is 5.97 Å². The van der Waals surface area contributed by atoms with Gasteiger partial charge in [-0.25, -0.2) is 13.2 Å². The Kier molecular flexibility index (Phi) is 5.23. The van der Waals surface area contributed by atoms with Crippen molar-refractivity contribution in [1.29, 1.82) is 0 Å². The molecular weight excluding hydrogens is 393 g/mol. The third kappa shape index (κ3) is 3.61. The third-order valence-electron chi connectivity index (χ3n) is 3.33. The lowest BCUT2D eigenvalue weighted by atomic mass is 10.1. The van der Waals surface area contributed by atoms with E-state index in [2.05, 4.69) is 0 Å². The predicted molar refractivity (Wildman–Crippen MR) is 83.8 cm³/mol. The van der Waals surface area contributed by atoms with Crippen molar-refractivity contribution in [1.82, 2.24) is 4.90 Å². The lowest BCUT2D eigenvalue weighted by molar-refractivity contribution is -0.166. The first-order chi connectivity index (χ1) is 10.5. The molecule has 0 aromatic rings. The maximum Gasteiger partial charge on any atom is 0.355 e. The van der Waals surface area contributed by atoms with Gasteiger partial charge in [-0.2, -0.15) is 0 Å². The Hall–Kier alpha value is -0.540. The van der Waals surface area contributed by atoms with E-state index in [9.17, 15) is 18.0 Å². The van der Waals surface area contributed by atoms with Gasteiger partial charge in [-0.15, -0.1) is 0 Å². The molecular formula is C12H14Cl3NO6S. The number of halogens is 3. The molecule has 0 unspecified atom stereocenters. The first-order valence-corrected chi connectivity index (χ1v) is 9.44. The number of β-lactam (4-membered cyclic amide) rings is 1. The van der Waals surface area contributed by atoms with E-state index in [0.29, 0.717) is 0 Å². The maximum atomic E-state index is 12.2. The smallest absolute Gasteiger partial charge is 0.355 e. The first-order valence-electron chi connectivity index (χ1n) is 6.59. The molecule has 11 heteroatoms. The number of nitrogens with zero attached hydrogens (tertiary/aromatic N) is 1. The summed E-state index contributed by atoms with van der Waals surface area (Å²) in [7, 11) is -3.65. The van der Waals surface area contributed by atoms with Crippen LogP contribution in [-0.2, 0) is 28.9 Å². The normalized spacial score (nSPS) is 26.7. The number of hydrogen-bond acceptors (Lipinski definition) is 6. The number of esters is 1. The molecule has 0 spiro atoms. The van der Waals surface area contributed by atoms with E-state index in [1.807, 2.05) is 0 Å². The van der Waals surface area contributed by atoms with Gasteiger partial charge in [-0.1, -0.05) is 34.8 Å². The highest BCUT2D eigenvalue weighted by Gasteiger charge is 2.60. The molecule has 2 aliphatic rings. The molecule has 2 rings (SSSR count). The summed E-state index contributed by atoms with van der Waals surface area (Å²) in [6.45, 7) is 2.72. The number of carbonyl (C=O) groups is 2. The van der Waals surface area contributed by atoms with Crippen LogP contribution in [-0.4, -0.2) is 59.4 Å². The predicted octanol–water partition coefficient (Wildman–Crippen LogP) is 1.18. The SMILES string of the molecule is CCO[C@H]1C(=O)N2C(C(=O)OCC(Cl)(Cl)Cl)=C(C)CS(=O)(=O)[C@@H]12. The van der Waals surface area contributed by atoms with Crippen LogP contribution >= 0.6 is 34.8 Å². The molecule has 2 atom stereocenters. The number of sulfone groups is 1. The minimum absolute atomic E-state index is 0.139. The van der Waals surface area contributed by atoms with Crippen LogP contribution in [0.5, 0.6) is 0 Å². The first kappa shape index (κ1) is 18.8. The van der Waals surface area contributed by atoms with Gasteiger partial charge in [-0.3, -0.25) is 9.69 Å². The summed E-state index contributed by atoms with van der Waals surface area (Å²) in [6, 6.07) is 0. The highest BCUT2D eigenvalue weighted by Crippen LogP contribution is 2.38. The van der Waals surface area contributed by atoms with Crippen molar-refractivity contribution in [3.63, 3.8) is 0 Å². The van der Waals surface area contributed by atoms with Crippen molar-refractivity contribution in [3.05, 3.63) is 11.3 Å². The van der Waals surface area contributed by atoms with Gasteiger partial charge in [0.1, 0.15) is 12.3 Å². The monoisotopic (exact) mass is 405 g/mol. The van der Waals surface area contributed by atoms with E-state index in [1.165, 1.54) is 6.92 Å². The summed E-state index contributed by atoms with van der Waals surface area (Å²) < 4.78 is 32.7. The molecule has 1 fully saturated rings. The van der Waals surface area contributed by atoms with Gasteiger partial charge in [0.15, 0.2) is 21.3 Å². The number of alkyl halides is 3. The number of fused-ring (bicyclic) bond motifs is 1. The fourth-order valence-electron chi connectivity index (χ4n) is 2.51. The average molecular weight is 407 g/mol. The quantitative estimate of drug-likeness (QED) is 0.395. The molecule has 7 nitrogen and oxygen atoms in total. The molecule has 2 aliphatic heterocycles. The highest BCUT2D eigenvalue weighted by molar-refractivity contribution is 7.92. The van der Waals surface area contributed by atoms with Crippen LogP contribution in [0.4, 0.5) is 0 Å². The van der Waals surface area contributed by atoms with Crippen molar-refractivity contribution >= 4 is 56.5 Å². The molecule has 130 valence electrons. The van der Waals surface area contributed by atoms with Gasteiger partial charge in [-0.05, 0) is 19.4 Å². The van der Waals surface area contributed by atoms with Crippen LogP contribution in [0.1, 0.15) is 13.8 Å². The summed E-state index contributed by atoms with van der Waals surface area (Å²) in [5.74, 6) is -1.90.